The van der Waals surface area contributed by atoms with Gasteiger partial charge in [0.2, 0.25) is 0 Å². The number of halogens is 1. The van der Waals surface area contributed by atoms with Gasteiger partial charge in [0, 0.05) is 19.7 Å². The number of ether oxygens (including phenoxy) is 1. The Hall–Kier alpha value is -1.00. The summed E-state index contributed by atoms with van der Waals surface area (Å²) >= 11 is 5.63. The van der Waals surface area contributed by atoms with Gasteiger partial charge in [0.05, 0.1) is 6.61 Å². The molecule has 1 amide bonds. The van der Waals surface area contributed by atoms with E-state index in [-0.39, 0.29) is 22.9 Å². The van der Waals surface area contributed by atoms with Crippen LogP contribution in [0, 0.1) is 0 Å². The fraction of sp³-hybridized carbons (Fsp3) is 0.545. The van der Waals surface area contributed by atoms with E-state index in [0.29, 0.717) is 13.2 Å². The Bertz CT molecular complexity index is 349. The van der Waals surface area contributed by atoms with E-state index >= 15 is 0 Å². The molecule has 0 radical (unpaired) electrons. The molecule has 1 heterocycles. The SMILES string of the molecule is COCCN(C(=O)c1ccc(Cl)o1)C(C)C. The van der Waals surface area contributed by atoms with Gasteiger partial charge in [0.15, 0.2) is 11.0 Å². The minimum atomic E-state index is -0.168. The van der Waals surface area contributed by atoms with Crippen LogP contribution in [0.4, 0.5) is 0 Å². The normalized spacial score (nSPS) is 10.8. The number of carbonyl (C=O) groups excluding carboxylic acids is 1. The van der Waals surface area contributed by atoms with Gasteiger partial charge in [-0.3, -0.25) is 4.79 Å². The van der Waals surface area contributed by atoms with Crippen LogP contribution in [-0.2, 0) is 4.74 Å². The molecule has 16 heavy (non-hydrogen) atoms. The summed E-state index contributed by atoms with van der Waals surface area (Å²) in [4.78, 5) is 13.7. The van der Waals surface area contributed by atoms with E-state index in [4.69, 9.17) is 20.8 Å². The molecule has 1 rings (SSSR count). The maximum Gasteiger partial charge on any atom is 0.289 e. The molecule has 0 bridgehead atoms. The van der Waals surface area contributed by atoms with Crippen LogP contribution in [0.1, 0.15) is 24.4 Å². The Morgan fingerprint density at radius 3 is 2.69 bits per heavy atom. The van der Waals surface area contributed by atoms with Crippen LogP contribution >= 0.6 is 11.6 Å². The molecule has 1 aromatic rings. The van der Waals surface area contributed by atoms with Gasteiger partial charge in [0.25, 0.3) is 5.91 Å². The van der Waals surface area contributed by atoms with Crippen LogP contribution in [0.15, 0.2) is 16.5 Å². The summed E-state index contributed by atoms with van der Waals surface area (Å²) in [5.74, 6) is 0.0914. The highest BCUT2D eigenvalue weighted by atomic mass is 35.5. The highest BCUT2D eigenvalue weighted by Crippen LogP contribution is 2.16. The van der Waals surface area contributed by atoms with Gasteiger partial charge >= 0.3 is 0 Å². The highest BCUT2D eigenvalue weighted by Gasteiger charge is 2.21. The first kappa shape index (κ1) is 13.1. The van der Waals surface area contributed by atoms with Crippen molar-refractivity contribution in [2.75, 3.05) is 20.3 Å². The second kappa shape index (κ2) is 5.92. The third-order valence-corrected chi connectivity index (χ3v) is 2.41. The number of methoxy groups -OCH3 is 1. The third-order valence-electron chi connectivity index (χ3n) is 2.20. The summed E-state index contributed by atoms with van der Waals surface area (Å²) in [6.45, 7) is 4.92. The Morgan fingerprint density at radius 2 is 2.25 bits per heavy atom. The molecule has 0 spiro atoms. The lowest BCUT2D eigenvalue weighted by Gasteiger charge is -2.25. The van der Waals surface area contributed by atoms with Crippen molar-refractivity contribution in [2.45, 2.75) is 19.9 Å². The average molecular weight is 246 g/mol. The molecule has 0 aromatic carbocycles. The summed E-state index contributed by atoms with van der Waals surface area (Å²) < 4.78 is 10.1. The van der Waals surface area contributed by atoms with Crippen LogP contribution in [0.2, 0.25) is 5.22 Å². The van der Waals surface area contributed by atoms with Crippen LogP contribution < -0.4 is 0 Å². The molecule has 0 atom stereocenters. The Morgan fingerprint density at radius 1 is 1.56 bits per heavy atom. The number of nitrogens with zero attached hydrogens (tertiary/aromatic N) is 1. The van der Waals surface area contributed by atoms with Crippen molar-refractivity contribution < 1.29 is 13.9 Å². The van der Waals surface area contributed by atoms with E-state index in [1.54, 1.807) is 24.1 Å². The second-order valence-corrected chi connectivity index (χ2v) is 4.06. The van der Waals surface area contributed by atoms with E-state index in [2.05, 4.69) is 0 Å². The zero-order valence-electron chi connectivity index (χ0n) is 9.70. The number of hydrogen-bond donors (Lipinski definition) is 0. The number of hydrogen-bond acceptors (Lipinski definition) is 3. The molecule has 0 fully saturated rings. The quantitative estimate of drug-likeness (QED) is 0.800. The lowest BCUT2D eigenvalue weighted by atomic mass is 10.3. The second-order valence-electron chi connectivity index (χ2n) is 3.69. The van der Waals surface area contributed by atoms with Crippen LogP contribution in [0.5, 0.6) is 0 Å². The molecular formula is C11H16ClNO3. The first-order valence-corrected chi connectivity index (χ1v) is 5.49. The van der Waals surface area contributed by atoms with Crippen molar-refractivity contribution in [1.82, 2.24) is 4.90 Å². The van der Waals surface area contributed by atoms with Gasteiger partial charge in [0.1, 0.15) is 0 Å². The minimum absolute atomic E-state index is 0.0894. The lowest BCUT2D eigenvalue weighted by molar-refractivity contribution is 0.0604. The van der Waals surface area contributed by atoms with Crippen molar-refractivity contribution in [1.29, 1.82) is 0 Å². The number of carbonyl (C=O) groups is 1. The molecule has 1 aromatic heterocycles. The summed E-state index contributed by atoms with van der Waals surface area (Å²) in [5, 5.41) is 0.221. The van der Waals surface area contributed by atoms with Crippen LogP contribution in [0.3, 0.4) is 0 Å². The third kappa shape index (κ3) is 3.25. The Kier molecular flexibility index (Phi) is 4.83. The number of amides is 1. The first-order valence-electron chi connectivity index (χ1n) is 5.11. The zero-order chi connectivity index (χ0) is 12.1. The fourth-order valence-corrected chi connectivity index (χ4v) is 1.50. The maximum absolute atomic E-state index is 12.0. The number of rotatable bonds is 5. The van der Waals surface area contributed by atoms with E-state index < -0.39 is 0 Å². The fourth-order valence-electron chi connectivity index (χ4n) is 1.35. The molecule has 0 saturated heterocycles. The molecule has 0 aliphatic rings. The highest BCUT2D eigenvalue weighted by molar-refractivity contribution is 6.29. The summed E-state index contributed by atoms with van der Waals surface area (Å²) in [7, 11) is 1.60. The molecule has 4 nitrogen and oxygen atoms in total. The Labute approximate surface area is 100 Å². The van der Waals surface area contributed by atoms with Crippen molar-refractivity contribution in [3.05, 3.63) is 23.1 Å². The smallest absolute Gasteiger partial charge is 0.289 e. The maximum atomic E-state index is 12.0. The van der Waals surface area contributed by atoms with E-state index in [9.17, 15) is 4.79 Å². The predicted octanol–water partition coefficient (Wildman–Crippen LogP) is 2.43. The molecule has 0 saturated carbocycles. The molecular weight excluding hydrogens is 230 g/mol. The molecule has 5 heteroatoms. The summed E-state index contributed by atoms with van der Waals surface area (Å²) in [5.41, 5.74) is 0. The molecule has 0 unspecified atom stereocenters. The monoisotopic (exact) mass is 245 g/mol. The standard InChI is InChI=1S/C11H16ClNO3/c1-8(2)13(6-7-15-3)11(14)9-4-5-10(12)16-9/h4-5,8H,6-7H2,1-3H3. The minimum Gasteiger partial charge on any atom is -0.440 e. The van der Waals surface area contributed by atoms with Crippen molar-refractivity contribution in [3.8, 4) is 0 Å². The first-order chi connectivity index (χ1) is 7.56. The Balaban J connectivity index is 2.74. The van der Waals surface area contributed by atoms with E-state index in [0.717, 1.165) is 0 Å². The lowest BCUT2D eigenvalue weighted by Crippen LogP contribution is -2.39. The number of furan rings is 1. The summed E-state index contributed by atoms with van der Waals surface area (Å²) in [6.07, 6.45) is 0. The van der Waals surface area contributed by atoms with Gasteiger partial charge < -0.3 is 14.1 Å². The largest absolute Gasteiger partial charge is 0.440 e. The van der Waals surface area contributed by atoms with Crippen molar-refractivity contribution >= 4 is 17.5 Å². The van der Waals surface area contributed by atoms with Gasteiger partial charge in [-0.25, -0.2) is 0 Å². The molecule has 90 valence electrons. The molecule has 0 aliphatic carbocycles. The van der Waals surface area contributed by atoms with Crippen LogP contribution in [-0.4, -0.2) is 37.1 Å². The van der Waals surface area contributed by atoms with Crippen molar-refractivity contribution in [3.63, 3.8) is 0 Å². The van der Waals surface area contributed by atoms with Gasteiger partial charge in [-0.1, -0.05) is 0 Å². The summed E-state index contributed by atoms with van der Waals surface area (Å²) in [6, 6.07) is 3.22. The van der Waals surface area contributed by atoms with Crippen LogP contribution in [0.25, 0.3) is 0 Å². The van der Waals surface area contributed by atoms with E-state index in [1.165, 1.54) is 0 Å². The molecule has 0 N–H and O–H groups in total. The van der Waals surface area contributed by atoms with E-state index in [1.807, 2.05) is 13.8 Å². The molecule has 0 aliphatic heterocycles. The van der Waals surface area contributed by atoms with Gasteiger partial charge in [-0.2, -0.15) is 0 Å². The van der Waals surface area contributed by atoms with Gasteiger partial charge in [-0.15, -0.1) is 0 Å². The average Bonchev–Trinajstić information content (AvgIpc) is 2.64. The zero-order valence-corrected chi connectivity index (χ0v) is 10.5. The predicted molar refractivity (Wildman–Crippen MR) is 61.8 cm³/mol. The van der Waals surface area contributed by atoms with Crippen molar-refractivity contribution in [2.24, 2.45) is 0 Å². The van der Waals surface area contributed by atoms with Gasteiger partial charge in [-0.05, 0) is 37.6 Å². The topological polar surface area (TPSA) is 42.7 Å².